The van der Waals surface area contributed by atoms with Crippen LogP contribution in [0.2, 0.25) is 0 Å². The van der Waals surface area contributed by atoms with Crippen molar-refractivity contribution in [1.29, 1.82) is 0 Å². The molecule has 0 aromatic heterocycles. The van der Waals surface area contributed by atoms with E-state index in [2.05, 4.69) is 5.32 Å². The van der Waals surface area contributed by atoms with Gasteiger partial charge in [-0.3, -0.25) is 10.1 Å². The van der Waals surface area contributed by atoms with Gasteiger partial charge in [-0.25, -0.2) is 8.78 Å². The number of aliphatic hydroxyl groups excluding tert-OH is 1. The van der Waals surface area contributed by atoms with Gasteiger partial charge in [0.1, 0.15) is 11.6 Å². The fraction of sp³-hybridized carbons (Fsp3) is 0.200. The van der Waals surface area contributed by atoms with Crippen molar-refractivity contribution in [1.82, 2.24) is 0 Å². The molecule has 2 aromatic rings. The maximum absolute atomic E-state index is 13.5. The Morgan fingerprint density at radius 1 is 1.27 bits per heavy atom. The highest BCUT2D eigenvalue weighted by Crippen LogP contribution is 2.23. The van der Waals surface area contributed by atoms with E-state index in [1.54, 1.807) is 13.0 Å². The number of aliphatic hydroxyl groups is 1. The van der Waals surface area contributed by atoms with E-state index < -0.39 is 22.7 Å². The second-order valence-corrected chi connectivity index (χ2v) is 4.82. The number of hydrogen-bond acceptors (Lipinski definition) is 4. The van der Waals surface area contributed by atoms with Gasteiger partial charge in [-0.05, 0) is 25.1 Å². The lowest BCUT2D eigenvalue weighted by Gasteiger charge is -2.14. The molecule has 1 unspecified atom stereocenters. The fourth-order valence-electron chi connectivity index (χ4n) is 2.07. The van der Waals surface area contributed by atoms with E-state index in [4.69, 9.17) is 0 Å². The number of anilines is 1. The molecule has 0 bridgehead atoms. The number of benzene rings is 2. The van der Waals surface area contributed by atoms with E-state index in [9.17, 15) is 24.0 Å². The predicted octanol–water partition coefficient (Wildman–Crippen LogP) is 3.33. The van der Waals surface area contributed by atoms with Crippen LogP contribution in [-0.2, 0) is 0 Å². The molecule has 0 radical (unpaired) electrons. The lowest BCUT2D eigenvalue weighted by molar-refractivity contribution is -0.385. The first kappa shape index (κ1) is 15.8. The van der Waals surface area contributed by atoms with Crippen LogP contribution < -0.4 is 5.32 Å². The second kappa shape index (κ2) is 6.48. The van der Waals surface area contributed by atoms with Crippen molar-refractivity contribution in [2.75, 3.05) is 11.9 Å². The summed E-state index contributed by atoms with van der Waals surface area (Å²) in [6.07, 6.45) is -1.17. The summed E-state index contributed by atoms with van der Waals surface area (Å²) in [6.45, 7) is 1.58. The zero-order valence-electron chi connectivity index (χ0n) is 11.7. The molecule has 1 atom stereocenters. The summed E-state index contributed by atoms with van der Waals surface area (Å²) in [4.78, 5) is 10.2. The van der Waals surface area contributed by atoms with Gasteiger partial charge in [0, 0.05) is 35.5 Å². The summed E-state index contributed by atoms with van der Waals surface area (Å²) >= 11 is 0. The van der Waals surface area contributed by atoms with Gasteiger partial charge in [0.15, 0.2) is 0 Å². The van der Waals surface area contributed by atoms with Crippen LogP contribution in [0, 0.1) is 28.7 Å². The van der Waals surface area contributed by atoms with Crippen LogP contribution in [0.15, 0.2) is 36.4 Å². The molecule has 7 heteroatoms. The molecule has 2 rings (SSSR count). The van der Waals surface area contributed by atoms with Crippen molar-refractivity contribution in [2.24, 2.45) is 0 Å². The average Bonchev–Trinajstić information content (AvgIpc) is 2.44. The van der Waals surface area contributed by atoms with Crippen LogP contribution in [0.5, 0.6) is 0 Å². The molecule has 0 spiro atoms. The molecule has 0 aliphatic rings. The van der Waals surface area contributed by atoms with E-state index in [1.165, 1.54) is 18.2 Å². The summed E-state index contributed by atoms with van der Waals surface area (Å²) in [5, 5.41) is 23.5. The Labute approximate surface area is 125 Å². The minimum absolute atomic E-state index is 0.00400. The van der Waals surface area contributed by atoms with Gasteiger partial charge >= 0.3 is 0 Å². The normalized spacial score (nSPS) is 12.0. The maximum atomic E-state index is 13.5. The highest BCUT2D eigenvalue weighted by atomic mass is 19.1. The molecule has 5 nitrogen and oxygen atoms in total. The third kappa shape index (κ3) is 3.56. The van der Waals surface area contributed by atoms with Crippen molar-refractivity contribution in [2.45, 2.75) is 13.0 Å². The van der Waals surface area contributed by atoms with Crippen molar-refractivity contribution >= 4 is 11.4 Å². The lowest BCUT2D eigenvalue weighted by atomic mass is 10.1. The molecule has 0 heterocycles. The highest BCUT2D eigenvalue weighted by molar-refractivity contribution is 5.53. The van der Waals surface area contributed by atoms with Crippen LogP contribution >= 0.6 is 0 Å². The second-order valence-electron chi connectivity index (χ2n) is 4.82. The number of aryl methyl sites for hydroxylation is 1. The minimum Gasteiger partial charge on any atom is -0.386 e. The van der Waals surface area contributed by atoms with Gasteiger partial charge in [0.2, 0.25) is 0 Å². The van der Waals surface area contributed by atoms with Gasteiger partial charge in [-0.1, -0.05) is 6.07 Å². The Kier molecular flexibility index (Phi) is 4.67. The number of rotatable bonds is 5. The number of hydrogen-bond donors (Lipinski definition) is 2. The first-order valence-corrected chi connectivity index (χ1v) is 6.50. The standard InChI is InChI=1S/C15H14F2N2O3/c1-9-6-11(3-5-14(9)19(21)22)18-8-15(20)12-4-2-10(16)7-13(12)17/h2-7,15,18,20H,8H2,1H3. The number of halogens is 2. The van der Waals surface area contributed by atoms with E-state index in [0.29, 0.717) is 17.3 Å². The van der Waals surface area contributed by atoms with Crippen molar-refractivity contribution in [3.05, 3.63) is 69.3 Å². The molecule has 0 aliphatic carbocycles. The van der Waals surface area contributed by atoms with Gasteiger partial charge in [0.05, 0.1) is 11.0 Å². The molecule has 22 heavy (non-hydrogen) atoms. The molecule has 0 saturated carbocycles. The Hall–Kier alpha value is -2.54. The van der Waals surface area contributed by atoms with Crippen LogP contribution in [-0.4, -0.2) is 16.6 Å². The molecule has 0 fully saturated rings. The third-order valence-electron chi connectivity index (χ3n) is 3.21. The average molecular weight is 308 g/mol. The zero-order valence-corrected chi connectivity index (χ0v) is 11.7. The summed E-state index contributed by atoms with van der Waals surface area (Å²) in [5.74, 6) is -1.54. The first-order valence-electron chi connectivity index (χ1n) is 6.50. The van der Waals surface area contributed by atoms with Gasteiger partial charge < -0.3 is 10.4 Å². The summed E-state index contributed by atoms with van der Waals surface area (Å²) in [7, 11) is 0. The van der Waals surface area contributed by atoms with Crippen LogP contribution in [0.1, 0.15) is 17.2 Å². The molecule has 116 valence electrons. The van der Waals surface area contributed by atoms with Gasteiger partial charge in [-0.2, -0.15) is 0 Å². The summed E-state index contributed by atoms with van der Waals surface area (Å²) in [6, 6.07) is 7.36. The SMILES string of the molecule is Cc1cc(NCC(O)c2ccc(F)cc2F)ccc1[N+](=O)[O-]. The van der Waals surface area contributed by atoms with Crippen LogP contribution in [0.25, 0.3) is 0 Å². The Morgan fingerprint density at radius 3 is 2.59 bits per heavy atom. The first-order chi connectivity index (χ1) is 10.4. The number of nitrogens with one attached hydrogen (secondary N) is 1. The molecular formula is C15H14F2N2O3. The van der Waals surface area contributed by atoms with Gasteiger partial charge in [-0.15, -0.1) is 0 Å². The van der Waals surface area contributed by atoms with Crippen molar-refractivity contribution < 1.29 is 18.8 Å². The molecule has 2 aromatic carbocycles. The largest absolute Gasteiger partial charge is 0.386 e. The number of nitro benzene ring substituents is 1. The Morgan fingerprint density at radius 2 is 2.00 bits per heavy atom. The maximum Gasteiger partial charge on any atom is 0.272 e. The Bertz CT molecular complexity index is 707. The topological polar surface area (TPSA) is 75.4 Å². The summed E-state index contributed by atoms with van der Waals surface area (Å²) < 4.78 is 26.3. The monoisotopic (exact) mass is 308 g/mol. The lowest BCUT2D eigenvalue weighted by Crippen LogP contribution is -2.13. The van der Waals surface area contributed by atoms with Crippen LogP contribution in [0.4, 0.5) is 20.2 Å². The number of nitro groups is 1. The molecule has 2 N–H and O–H groups in total. The molecule has 0 amide bonds. The molecule has 0 saturated heterocycles. The summed E-state index contributed by atoms with van der Waals surface area (Å²) in [5.41, 5.74) is 1.00. The smallest absolute Gasteiger partial charge is 0.272 e. The molecule has 0 aliphatic heterocycles. The van der Waals surface area contributed by atoms with E-state index >= 15 is 0 Å². The van der Waals surface area contributed by atoms with E-state index in [1.807, 2.05) is 0 Å². The van der Waals surface area contributed by atoms with E-state index in [0.717, 1.165) is 6.07 Å². The minimum atomic E-state index is -1.17. The van der Waals surface area contributed by atoms with Crippen molar-refractivity contribution in [3.8, 4) is 0 Å². The number of nitrogens with zero attached hydrogens (tertiary/aromatic N) is 1. The van der Waals surface area contributed by atoms with Crippen LogP contribution in [0.3, 0.4) is 0 Å². The Balaban J connectivity index is 2.06. The van der Waals surface area contributed by atoms with E-state index in [-0.39, 0.29) is 17.8 Å². The molecular weight excluding hydrogens is 294 g/mol. The highest BCUT2D eigenvalue weighted by Gasteiger charge is 2.14. The van der Waals surface area contributed by atoms with Crippen molar-refractivity contribution in [3.63, 3.8) is 0 Å². The quantitative estimate of drug-likeness (QED) is 0.656. The third-order valence-corrected chi connectivity index (χ3v) is 3.21. The zero-order chi connectivity index (χ0) is 16.3. The predicted molar refractivity (Wildman–Crippen MR) is 77.6 cm³/mol. The fourth-order valence-corrected chi connectivity index (χ4v) is 2.07. The van der Waals surface area contributed by atoms with Gasteiger partial charge in [0.25, 0.3) is 5.69 Å².